The van der Waals surface area contributed by atoms with E-state index in [0.717, 1.165) is 5.56 Å². The highest BCUT2D eigenvalue weighted by atomic mass is 19.1. The molecule has 0 aromatic carbocycles. The Morgan fingerprint density at radius 2 is 2.40 bits per heavy atom. The number of nitrogens with two attached hydrogens (primary N) is 1. The van der Waals surface area contributed by atoms with Crippen LogP contribution in [0.3, 0.4) is 0 Å². The van der Waals surface area contributed by atoms with Crippen LogP contribution in [0.4, 0.5) is 10.2 Å². The van der Waals surface area contributed by atoms with Crippen LogP contribution < -0.4 is 5.73 Å². The molecule has 0 spiro atoms. The van der Waals surface area contributed by atoms with Crippen molar-refractivity contribution in [2.45, 2.75) is 13.6 Å². The first kappa shape index (κ1) is 6.92. The van der Waals surface area contributed by atoms with E-state index in [9.17, 15) is 4.39 Å². The van der Waals surface area contributed by atoms with Crippen molar-refractivity contribution in [1.29, 1.82) is 0 Å². The van der Waals surface area contributed by atoms with Crippen molar-refractivity contribution in [3.63, 3.8) is 0 Å². The summed E-state index contributed by atoms with van der Waals surface area (Å²) in [5.41, 5.74) is 6.15. The Morgan fingerprint density at radius 3 is 2.90 bits per heavy atom. The number of rotatable bonds is 1. The van der Waals surface area contributed by atoms with Crippen LogP contribution in [0.25, 0.3) is 0 Å². The van der Waals surface area contributed by atoms with Crippen LogP contribution >= 0.6 is 0 Å². The third kappa shape index (κ3) is 1.21. The lowest BCUT2D eigenvalue weighted by Crippen LogP contribution is -1.99. The Labute approximate surface area is 58.1 Å². The highest BCUT2D eigenvalue weighted by Crippen LogP contribution is 2.04. The first-order chi connectivity index (χ1) is 4.74. The third-order valence-electron chi connectivity index (χ3n) is 1.18. The predicted molar refractivity (Wildman–Crippen MR) is 36.0 cm³/mol. The van der Waals surface area contributed by atoms with Crippen LogP contribution in [0.2, 0.25) is 0 Å². The summed E-state index contributed by atoms with van der Waals surface area (Å²) in [6.45, 7) is 1.11. The lowest BCUT2D eigenvalue weighted by Gasteiger charge is -1.97. The summed E-state index contributed by atoms with van der Waals surface area (Å²) in [6, 6.07) is 0. The van der Waals surface area contributed by atoms with Crippen molar-refractivity contribution in [3.8, 4) is 0 Å². The fraction of sp³-hybridized carbons (Fsp3) is 0.333. The van der Waals surface area contributed by atoms with E-state index in [2.05, 4.69) is 9.97 Å². The van der Waals surface area contributed by atoms with Gasteiger partial charge in [0.15, 0.2) is 5.82 Å². The minimum atomic E-state index is -0.662. The predicted octanol–water partition coefficient (Wildman–Crippen LogP) is 0.837. The third-order valence-corrected chi connectivity index (χ3v) is 1.18. The monoisotopic (exact) mass is 141 g/mol. The van der Waals surface area contributed by atoms with Crippen LogP contribution in [0, 0.1) is 6.92 Å². The van der Waals surface area contributed by atoms with Crippen molar-refractivity contribution < 1.29 is 4.39 Å². The summed E-state index contributed by atoms with van der Waals surface area (Å²) < 4.78 is 11.9. The number of halogens is 1. The Hall–Kier alpha value is -1.19. The summed E-state index contributed by atoms with van der Waals surface area (Å²) in [6.07, 6.45) is 1.51. The van der Waals surface area contributed by atoms with E-state index in [-0.39, 0.29) is 5.82 Å². The van der Waals surface area contributed by atoms with E-state index in [4.69, 9.17) is 5.73 Å². The lowest BCUT2D eigenvalue weighted by molar-refractivity contribution is 0.465. The number of hydrogen-bond donors (Lipinski definition) is 1. The summed E-state index contributed by atoms with van der Waals surface area (Å²) >= 11 is 0. The summed E-state index contributed by atoms with van der Waals surface area (Å²) in [5, 5.41) is 0. The van der Waals surface area contributed by atoms with Gasteiger partial charge in [0.05, 0.1) is 0 Å². The normalized spacial score (nSPS) is 9.80. The average Bonchev–Trinajstić information content (AvgIpc) is 1.95. The van der Waals surface area contributed by atoms with Gasteiger partial charge in [-0.15, -0.1) is 0 Å². The summed E-state index contributed by atoms with van der Waals surface area (Å²) in [7, 11) is 0. The van der Waals surface area contributed by atoms with Gasteiger partial charge in [-0.05, 0) is 6.92 Å². The number of nitrogen functional groups attached to an aromatic ring is 1. The quantitative estimate of drug-likeness (QED) is 0.630. The Bertz CT molecular complexity index is 236. The summed E-state index contributed by atoms with van der Waals surface area (Å²) in [5.74, 6) is 0.491. The molecule has 0 fully saturated rings. The van der Waals surface area contributed by atoms with E-state index in [0.29, 0.717) is 5.82 Å². The van der Waals surface area contributed by atoms with Gasteiger partial charge in [-0.1, -0.05) is 0 Å². The SMILES string of the molecule is Cc1cnc(CF)nc1N. The van der Waals surface area contributed by atoms with Gasteiger partial charge in [0.1, 0.15) is 12.5 Å². The molecule has 1 heterocycles. The Kier molecular flexibility index (Phi) is 1.80. The van der Waals surface area contributed by atoms with Gasteiger partial charge in [-0.25, -0.2) is 14.4 Å². The molecule has 4 heteroatoms. The van der Waals surface area contributed by atoms with Crippen molar-refractivity contribution in [2.24, 2.45) is 0 Å². The molecule has 1 aromatic rings. The molecule has 1 aromatic heterocycles. The van der Waals surface area contributed by atoms with Gasteiger partial charge in [0, 0.05) is 11.8 Å². The molecular formula is C6H8FN3. The zero-order valence-corrected chi connectivity index (χ0v) is 5.63. The van der Waals surface area contributed by atoms with Crippen LogP contribution in [0.1, 0.15) is 11.4 Å². The second-order valence-corrected chi connectivity index (χ2v) is 1.99. The van der Waals surface area contributed by atoms with Gasteiger partial charge in [-0.3, -0.25) is 0 Å². The number of alkyl halides is 1. The highest BCUT2D eigenvalue weighted by Gasteiger charge is 1.97. The van der Waals surface area contributed by atoms with Gasteiger partial charge >= 0.3 is 0 Å². The number of anilines is 1. The summed E-state index contributed by atoms with van der Waals surface area (Å²) in [4.78, 5) is 7.37. The fourth-order valence-corrected chi connectivity index (χ4v) is 0.558. The minimum Gasteiger partial charge on any atom is -0.383 e. The minimum absolute atomic E-state index is 0.142. The maximum absolute atomic E-state index is 11.9. The first-order valence-electron chi connectivity index (χ1n) is 2.88. The van der Waals surface area contributed by atoms with Crippen molar-refractivity contribution in [2.75, 3.05) is 5.73 Å². The second kappa shape index (κ2) is 2.60. The van der Waals surface area contributed by atoms with Gasteiger partial charge in [0.2, 0.25) is 0 Å². The molecule has 0 aliphatic rings. The maximum Gasteiger partial charge on any atom is 0.161 e. The molecule has 0 radical (unpaired) electrons. The zero-order valence-electron chi connectivity index (χ0n) is 5.63. The molecule has 0 saturated heterocycles. The van der Waals surface area contributed by atoms with Crippen molar-refractivity contribution in [3.05, 3.63) is 17.6 Å². The fourth-order valence-electron chi connectivity index (χ4n) is 0.558. The first-order valence-corrected chi connectivity index (χ1v) is 2.88. The molecule has 54 valence electrons. The van der Waals surface area contributed by atoms with Crippen LogP contribution in [-0.2, 0) is 6.67 Å². The van der Waals surface area contributed by atoms with Gasteiger partial charge < -0.3 is 5.73 Å². The largest absolute Gasteiger partial charge is 0.383 e. The molecule has 3 nitrogen and oxygen atoms in total. The number of hydrogen-bond acceptors (Lipinski definition) is 3. The number of nitrogens with zero attached hydrogens (tertiary/aromatic N) is 2. The smallest absolute Gasteiger partial charge is 0.161 e. The molecule has 1 rings (SSSR count). The van der Waals surface area contributed by atoms with E-state index in [1.165, 1.54) is 6.20 Å². The topological polar surface area (TPSA) is 51.8 Å². The standard InChI is InChI=1S/C6H8FN3/c1-4-3-9-5(2-7)10-6(4)8/h3H,2H2,1H3,(H2,8,9,10). The van der Waals surface area contributed by atoms with Crippen LogP contribution in [-0.4, -0.2) is 9.97 Å². The van der Waals surface area contributed by atoms with E-state index in [1.54, 1.807) is 6.92 Å². The van der Waals surface area contributed by atoms with Crippen LogP contribution in [0.15, 0.2) is 6.20 Å². The van der Waals surface area contributed by atoms with Crippen molar-refractivity contribution >= 4 is 5.82 Å². The Balaban J connectivity index is 3.04. The Morgan fingerprint density at radius 1 is 1.70 bits per heavy atom. The number of aryl methyl sites for hydroxylation is 1. The number of aromatic nitrogens is 2. The molecule has 0 saturated carbocycles. The van der Waals surface area contributed by atoms with E-state index in [1.807, 2.05) is 0 Å². The molecule has 0 bridgehead atoms. The molecule has 0 unspecified atom stereocenters. The molecule has 10 heavy (non-hydrogen) atoms. The zero-order chi connectivity index (χ0) is 7.56. The molecule has 0 aliphatic heterocycles. The average molecular weight is 141 g/mol. The van der Waals surface area contributed by atoms with E-state index >= 15 is 0 Å². The second-order valence-electron chi connectivity index (χ2n) is 1.99. The van der Waals surface area contributed by atoms with Gasteiger partial charge in [-0.2, -0.15) is 0 Å². The van der Waals surface area contributed by atoms with Crippen molar-refractivity contribution in [1.82, 2.24) is 9.97 Å². The highest BCUT2D eigenvalue weighted by molar-refractivity contribution is 5.35. The maximum atomic E-state index is 11.9. The molecule has 0 aliphatic carbocycles. The van der Waals surface area contributed by atoms with E-state index < -0.39 is 6.67 Å². The molecule has 2 N–H and O–H groups in total. The molecule has 0 amide bonds. The molecule has 0 atom stereocenters. The van der Waals surface area contributed by atoms with Crippen LogP contribution in [0.5, 0.6) is 0 Å². The lowest BCUT2D eigenvalue weighted by atomic mass is 10.3. The molecular weight excluding hydrogens is 133 g/mol. The van der Waals surface area contributed by atoms with Gasteiger partial charge in [0.25, 0.3) is 0 Å².